The van der Waals surface area contributed by atoms with Gasteiger partial charge in [-0.2, -0.15) is 4.31 Å². The number of benzene rings is 3. The molecule has 2 aromatic heterocycles. The largest absolute Gasteiger partial charge is 0.339 e. The molecule has 0 N–H and O–H groups in total. The third kappa shape index (κ3) is 3.71. The molecular formula is C27H26N6O2S. The van der Waals surface area contributed by atoms with Crippen LogP contribution in [0.2, 0.25) is 0 Å². The molecule has 1 saturated heterocycles. The average molecular weight is 499 g/mol. The zero-order valence-electron chi connectivity index (χ0n) is 20.1. The SMILES string of the molecule is Cc1cccc(-c2nnc3c4ccccc4nc(N4CCN(S(=O)(=O)c5ccccc5)[C@H](C)C4)n23)c1. The van der Waals surface area contributed by atoms with Crippen molar-refractivity contribution in [3.63, 3.8) is 0 Å². The van der Waals surface area contributed by atoms with Crippen LogP contribution >= 0.6 is 0 Å². The summed E-state index contributed by atoms with van der Waals surface area (Å²) in [6.07, 6.45) is 0. The lowest BCUT2D eigenvalue weighted by Gasteiger charge is -2.39. The maximum absolute atomic E-state index is 13.3. The van der Waals surface area contributed by atoms with Gasteiger partial charge in [-0.1, -0.05) is 54.1 Å². The van der Waals surface area contributed by atoms with Crippen LogP contribution in [0, 0.1) is 6.92 Å². The van der Waals surface area contributed by atoms with Gasteiger partial charge in [-0.3, -0.25) is 0 Å². The van der Waals surface area contributed by atoms with E-state index in [1.165, 1.54) is 0 Å². The maximum Gasteiger partial charge on any atom is 0.243 e. The van der Waals surface area contributed by atoms with Gasteiger partial charge in [0.1, 0.15) is 0 Å². The van der Waals surface area contributed by atoms with Crippen LogP contribution < -0.4 is 4.90 Å². The van der Waals surface area contributed by atoms with E-state index in [9.17, 15) is 8.42 Å². The van der Waals surface area contributed by atoms with E-state index in [1.54, 1.807) is 28.6 Å². The molecule has 3 heterocycles. The predicted molar refractivity (Wildman–Crippen MR) is 140 cm³/mol. The fourth-order valence-corrected chi connectivity index (χ4v) is 6.59. The molecule has 182 valence electrons. The quantitative estimate of drug-likeness (QED) is 0.370. The van der Waals surface area contributed by atoms with Gasteiger partial charge >= 0.3 is 0 Å². The molecule has 0 amide bonds. The van der Waals surface area contributed by atoms with Gasteiger partial charge < -0.3 is 4.90 Å². The number of aryl methyl sites for hydroxylation is 1. The van der Waals surface area contributed by atoms with E-state index in [2.05, 4.69) is 34.2 Å². The van der Waals surface area contributed by atoms with E-state index in [1.807, 2.05) is 53.8 Å². The predicted octanol–water partition coefficient (Wildman–Crippen LogP) is 4.15. The number of hydrogen-bond acceptors (Lipinski definition) is 6. The lowest BCUT2D eigenvalue weighted by atomic mass is 10.1. The monoisotopic (exact) mass is 498 g/mol. The number of para-hydroxylation sites is 1. The second-order valence-electron chi connectivity index (χ2n) is 9.20. The number of anilines is 1. The van der Waals surface area contributed by atoms with Crippen molar-refractivity contribution in [2.45, 2.75) is 24.8 Å². The molecule has 1 aliphatic heterocycles. The Morgan fingerprint density at radius 1 is 0.889 bits per heavy atom. The van der Waals surface area contributed by atoms with E-state index in [-0.39, 0.29) is 6.04 Å². The summed E-state index contributed by atoms with van der Waals surface area (Å²) < 4.78 is 30.2. The summed E-state index contributed by atoms with van der Waals surface area (Å²) in [6, 6.07) is 24.5. The minimum atomic E-state index is -3.58. The lowest BCUT2D eigenvalue weighted by Crippen LogP contribution is -2.54. The van der Waals surface area contributed by atoms with Crippen LogP contribution in [0.1, 0.15) is 12.5 Å². The van der Waals surface area contributed by atoms with Gasteiger partial charge in [0, 0.05) is 36.6 Å². The number of aromatic nitrogens is 4. The molecule has 0 unspecified atom stereocenters. The highest BCUT2D eigenvalue weighted by molar-refractivity contribution is 7.89. The summed E-state index contributed by atoms with van der Waals surface area (Å²) in [6.45, 7) is 5.35. The summed E-state index contributed by atoms with van der Waals surface area (Å²) >= 11 is 0. The minimum Gasteiger partial charge on any atom is -0.339 e. The third-order valence-corrected chi connectivity index (χ3v) is 8.73. The van der Waals surface area contributed by atoms with Gasteiger partial charge in [0.15, 0.2) is 11.5 Å². The Morgan fingerprint density at radius 2 is 1.67 bits per heavy atom. The van der Waals surface area contributed by atoms with Crippen molar-refractivity contribution in [2.75, 3.05) is 24.5 Å². The summed E-state index contributed by atoms with van der Waals surface area (Å²) in [5.74, 6) is 1.43. The van der Waals surface area contributed by atoms with E-state index < -0.39 is 10.0 Å². The Kier molecular flexibility index (Phi) is 5.46. The fraction of sp³-hybridized carbons (Fsp3) is 0.222. The Bertz CT molecular complexity index is 1680. The summed E-state index contributed by atoms with van der Waals surface area (Å²) in [5, 5.41) is 10.0. The van der Waals surface area contributed by atoms with Crippen molar-refractivity contribution in [3.8, 4) is 11.4 Å². The molecule has 0 bridgehead atoms. The Hall–Kier alpha value is -3.82. The van der Waals surface area contributed by atoms with Crippen molar-refractivity contribution in [3.05, 3.63) is 84.4 Å². The van der Waals surface area contributed by atoms with Crippen LogP contribution in [-0.2, 0) is 10.0 Å². The topological polar surface area (TPSA) is 83.7 Å². The van der Waals surface area contributed by atoms with Crippen molar-refractivity contribution >= 4 is 32.5 Å². The molecule has 0 spiro atoms. The molecule has 8 nitrogen and oxygen atoms in total. The molecule has 36 heavy (non-hydrogen) atoms. The van der Waals surface area contributed by atoms with Crippen LogP contribution in [0.5, 0.6) is 0 Å². The van der Waals surface area contributed by atoms with Gasteiger partial charge in [-0.15, -0.1) is 10.2 Å². The van der Waals surface area contributed by atoms with E-state index >= 15 is 0 Å². The first kappa shape index (κ1) is 22.6. The second-order valence-corrected chi connectivity index (χ2v) is 11.1. The lowest BCUT2D eigenvalue weighted by molar-refractivity contribution is 0.304. The Morgan fingerprint density at radius 3 is 2.44 bits per heavy atom. The fourth-order valence-electron chi connectivity index (χ4n) is 4.96. The van der Waals surface area contributed by atoms with Gasteiger partial charge in [0.05, 0.1) is 10.4 Å². The van der Waals surface area contributed by atoms with Crippen LogP contribution in [0.4, 0.5) is 5.95 Å². The number of fused-ring (bicyclic) bond motifs is 3. The Balaban J connectivity index is 1.44. The first-order valence-electron chi connectivity index (χ1n) is 12.0. The highest BCUT2D eigenvalue weighted by atomic mass is 32.2. The van der Waals surface area contributed by atoms with Crippen LogP contribution in [0.25, 0.3) is 27.9 Å². The molecule has 3 aromatic carbocycles. The Labute approximate surface area is 209 Å². The zero-order chi connectivity index (χ0) is 24.9. The molecule has 5 aromatic rings. The third-order valence-electron chi connectivity index (χ3n) is 6.70. The van der Waals surface area contributed by atoms with Crippen LogP contribution in [0.15, 0.2) is 83.8 Å². The van der Waals surface area contributed by atoms with E-state index in [4.69, 9.17) is 4.98 Å². The molecular weight excluding hydrogens is 472 g/mol. The molecule has 1 atom stereocenters. The highest BCUT2D eigenvalue weighted by Gasteiger charge is 2.35. The smallest absolute Gasteiger partial charge is 0.243 e. The number of nitrogens with zero attached hydrogens (tertiary/aromatic N) is 6. The molecule has 1 fully saturated rings. The second kappa shape index (κ2) is 8.69. The molecule has 0 aliphatic carbocycles. The summed E-state index contributed by atoms with van der Waals surface area (Å²) in [7, 11) is -3.58. The van der Waals surface area contributed by atoms with Crippen LogP contribution in [-0.4, -0.2) is 58.0 Å². The van der Waals surface area contributed by atoms with Gasteiger partial charge in [-0.25, -0.2) is 17.8 Å². The number of sulfonamides is 1. The van der Waals surface area contributed by atoms with Crippen molar-refractivity contribution in [1.29, 1.82) is 0 Å². The van der Waals surface area contributed by atoms with Gasteiger partial charge in [0.25, 0.3) is 0 Å². The summed E-state index contributed by atoms with van der Waals surface area (Å²) in [4.78, 5) is 7.49. The molecule has 1 aliphatic rings. The number of hydrogen-bond donors (Lipinski definition) is 0. The van der Waals surface area contributed by atoms with Crippen LogP contribution in [0.3, 0.4) is 0 Å². The zero-order valence-corrected chi connectivity index (χ0v) is 20.9. The highest BCUT2D eigenvalue weighted by Crippen LogP contribution is 2.30. The normalized spacial score (nSPS) is 17.2. The first-order chi connectivity index (χ1) is 17.4. The molecule has 0 radical (unpaired) electrons. The van der Waals surface area contributed by atoms with E-state index in [0.717, 1.165) is 27.7 Å². The van der Waals surface area contributed by atoms with Gasteiger partial charge in [-0.05, 0) is 44.2 Å². The number of piperazine rings is 1. The van der Waals surface area contributed by atoms with E-state index in [0.29, 0.717) is 36.3 Å². The molecule has 0 saturated carbocycles. The first-order valence-corrected chi connectivity index (χ1v) is 13.4. The van der Waals surface area contributed by atoms with Gasteiger partial charge in [0.2, 0.25) is 16.0 Å². The molecule has 9 heteroatoms. The van der Waals surface area contributed by atoms with Crippen molar-refractivity contribution in [1.82, 2.24) is 23.9 Å². The molecule has 6 rings (SSSR count). The standard InChI is InChI=1S/C27H26N6O2S/c1-19-9-8-10-21(17-19)25-29-30-26-23-13-6-7-14-24(23)28-27(33(25)26)31-15-16-32(20(2)18-31)36(34,35)22-11-4-3-5-12-22/h3-14,17,20H,15-16,18H2,1-2H3/t20-/m1/s1. The number of rotatable bonds is 4. The minimum absolute atomic E-state index is 0.244. The van der Waals surface area contributed by atoms with Crippen molar-refractivity contribution in [2.24, 2.45) is 0 Å². The summed E-state index contributed by atoms with van der Waals surface area (Å²) in [5.41, 5.74) is 3.65. The maximum atomic E-state index is 13.3. The van der Waals surface area contributed by atoms with Crippen molar-refractivity contribution < 1.29 is 8.42 Å². The average Bonchev–Trinajstić information content (AvgIpc) is 3.34.